The molecule has 0 aliphatic rings. The lowest BCUT2D eigenvalue weighted by Gasteiger charge is -2.20. The highest BCUT2D eigenvalue weighted by atomic mass is 16.6. The molecule has 5 heteroatoms. The molecule has 0 unspecified atom stereocenters. The van der Waals surface area contributed by atoms with Gasteiger partial charge >= 0.3 is 11.9 Å². The fourth-order valence-corrected chi connectivity index (χ4v) is 0.675. The van der Waals surface area contributed by atoms with Crippen LogP contribution < -0.4 is 0 Å². The Bertz CT molecular complexity index is 222. The Kier molecular flexibility index (Phi) is 5.93. The van der Waals surface area contributed by atoms with Crippen molar-refractivity contribution in [2.45, 2.75) is 27.2 Å². The number of carbonyl (C=O) groups is 2. The zero-order valence-electron chi connectivity index (χ0n) is 9.41. The Hall–Kier alpha value is -1.10. The summed E-state index contributed by atoms with van der Waals surface area (Å²) in [6, 6.07) is 0. The van der Waals surface area contributed by atoms with Gasteiger partial charge in [-0.1, -0.05) is 6.92 Å². The van der Waals surface area contributed by atoms with Gasteiger partial charge in [0.1, 0.15) is 19.8 Å². The first-order chi connectivity index (χ1) is 6.94. The summed E-state index contributed by atoms with van der Waals surface area (Å²) in [6.45, 7) is 4.81. The molecule has 0 aliphatic heterocycles. The molecule has 15 heavy (non-hydrogen) atoms. The second-order valence-electron chi connectivity index (χ2n) is 3.75. The van der Waals surface area contributed by atoms with Crippen LogP contribution in [-0.4, -0.2) is 36.9 Å². The lowest BCUT2D eigenvalue weighted by Crippen LogP contribution is -2.27. The van der Waals surface area contributed by atoms with Crippen LogP contribution in [0.3, 0.4) is 0 Å². The fourth-order valence-electron chi connectivity index (χ4n) is 0.675. The van der Waals surface area contributed by atoms with Crippen molar-refractivity contribution in [1.82, 2.24) is 0 Å². The highest BCUT2D eigenvalue weighted by Crippen LogP contribution is 2.21. The van der Waals surface area contributed by atoms with Crippen LogP contribution in [0.5, 0.6) is 0 Å². The molecule has 0 aliphatic carbocycles. The van der Waals surface area contributed by atoms with Gasteiger partial charge in [0.05, 0.1) is 5.41 Å². The minimum absolute atomic E-state index is 0.0218. The highest BCUT2D eigenvalue weighted by molar-refractivity contribution is 5.75. The van der Waals surface area contributed by atoms with Gasteiger partial charge in [-0.15, -0.1) is 0 Å². The number of carbonyl (C=O) groups excluding carboxylic acids is 2. The van der Waals surface area contributed by atoms with Crippen molar-refractivity contribution < 1.29 is 24.2 Å². The standard InChI is InChI=1S/C10H18O5/c1-4-10(2,3)9(13)15-6-5-14-8(12)7-11/h11H,4-7H2,1-3H3. The Morgan fingerprint density at radius 1 is 1.20 bits per heavy atom. The van der Waals surface area contributed by atoms with Crippen molar-refractivity contribution in [2.75, 3.05) is 19.8 Å². The first kappa shape index (κ1) is 13.9. The first-order valence-electron chi connectivity index (χ1n) is 4.87. The summed E-state index contributed by atoms with van der Waals surface area (Å²) in [5.74, 6) is -1.04. The van der Waals surface area contributed by atoms with Gasteiger partial charge in [-0.3, -0.25) is 4.79 Å². The zero-order chi connectivity index (χ0) is 11.9. The third-order valence-electron chi connectivity index (χ3n) is 2.15. The number of esters is 2. The van der Waals surface area contributed by atoms with Crippen LogP contribution in [0.25, 0.3) is 0 Å². The summed E-state index contributed by atoms with van der Waals surface area (Å²) < 4.78 is 9.42. The topological polar surface area (TPSA) is 72.8 Å². The molecule has 0 fully saturated rings. The first-order valence-corrected chi connectivity index (χ1v) is 4.87. The largest absolute Gasteiger partial charge is 0.462 e. The molecule has 0 amide bonds. The zero-order valence-corrected chi connectivity index (χ0v) is 9.41. The molecule has 0 spiro atoms. The van der Waals surface area contributed by atoms with E-state index in [0.29, 0.717) is 6.42 Å². The van der Waals surface area contributed by atoms with E-state index in [1.807, 2.05) is 6.92 Å². The monoisotopic (exact) mass is 218 g/mol. The molecule has 0 bridgehead atoms. The number of hydrogen-bond donors (Lipinski definition) is 1. The molecule has 0 saturated heterocycles. The molecule has 0 heterocycles. The van der Waals surface area contributed by atoms with Crippen molar-refractivity contribution in [3.8, 4) is 0 Å². The molecular formula is C10H18O5. The van der Waals surface area contributed by atoms with E-state index in [2.05, 4.69) is 4.74 Å². The second kappa shape index (κ2) is 6.40. The van der Waals surface area contributed by atoms with E-state index in [4.69, 9.17) is 9.84 Å². The maximum absolute atomic E-state index is 11.4. The number of aliphatic hydroxyl groups is 1. The second-order valence-corrected chi connectivity index (χ2v) is 3.75. The average molecular weight is 218 g/mol. The highest BCUT2D eigenvalue weighted by Gasteiger charge is 2.26. The van der Waals surface area contributed by atoms with E-state index in [-0.39, 0.29) is 19.2 Å². The van der Waals surface area contributed by atoms with E-state index in [9.17, 15) is 9.59 Å². The Morgan fingerprint density at radius 2 is 1.73 bits per heavy atom. The van der Waals surface area contributed by atoms with Crippen molar-refractivity contribution in [3.63, 3.8) is 0 Å². The summed E-state index contributed by atoms with van der Waals surface area (Å²) in [5, 5.41) is 8.33. The van der Waals surface area contributed by atoms with Gasteiger partial charge in [0, 0.05) is 0 Å². The minimum atomic E-state index is -0.721. The van der Waals surface area contributed by atoms with Crippen LogP contribution >= 0.6 is 0 Å². The maximum Gasteiger partial charge on any atom is 0.331 e. The van der Waals surface area contributed by atoms with Crippen LogP contribution in [0.2, 0.25) is 0 Å². The number of aliphatic hydroxyl groups excluding tert-OH is 1. The van der Waals surface area contributed by atoms with E-state index in [1.165, 1.54) is 0 Å². The molecule has 0 saturated carbocycles. The van der Waals surface area contributed by atoms with E-state index in [0.717, 1.165) is 0 Å². The van der Waals surface area contributed by atoms with Gasteiger partial charge in [0.2, 0.25) is 0 Å². The lowest BCUT2D eigenvalue weighted by molar-refractivity contribution is -0.160. The fraction of sp³-hybridized carbons (Fsp3) is 0.800. The van der Waals surface area contributed by atoms with E-state index in [1.54, 1.807) is 13.8 Å². The van der Waals surface area contributed by atoms with E-state index >= 15 is 0 Å². The van der Waals surface area contributed by atoms with E-state index < -0.39 is 18.0 Å². The Labute approximate surface area is 89.4 Å². The quantitative estimate of drug-likeness (QED) is 0.519. The summed E-state index contributed by atoms with van der Waals surface area (Å²) in [5.41, 5.74) is -0.513. The molecule has 5 nitrogen and oxygen atoms in total. The summed E-state index contributed by atoms with van der Waals surface area (Å²) in [7, 11) is 0. The smallest absolute Gasteiger partial charge is 0.331 e. The van der Waals surface area contributed by atoms with Crippen molar-refractivity contribution in [2.24, 2.45) is 5.41 Å². The van der Waals surface area contributed by atoms with Crippen LogP contribution in [0, 0.1) is 5.41 Å². The maximum atomic E-state index is 11.4. The van der Waals surface area contributed by atoms with Crippen LogP contribution in [0.1, 0.15) is 27.2 Å². The SMILES string of the molecule is CCC(C)(C)C(=O)OCCOC(=O)CO. The van der Waals surface area contributed by atoms with Gasteiger partial charge < -0.3 is 14.6 Å². The molecule has 1 N–H and O–H groups in total. The van der Waals surface area contributed by atoms with Gasteiger partial charge in [-0.05, 0) is 20.3 Å². The predicted octanol–water partition coefficient (Wildman–Crippen LogP) is 0.501. The van der Waals surface area contributed by atoms with Crippen LogP contribution in [0.15, 0.2) is 0 Å². The predicted molar refractivity (Wildman–Crippen MR) is 53.1 cm³/mol. The van der Waals surface area contributed by atoms with Crippen LogP contribution in [-0.2, 0) is 19.1 Å². The molecule has 0 aromatic heterocycles. The summed E-state index contributed by atoms with van der Waals surface area (Å²) in [4.78, 5) is 21.9. The molecule has 0 rings (SSSR count). The van der Waals surface area contributed by atoms with Gasteiger partial charge in [0.15, 0.2) is 0 Å². The molecule has 88 valence electrons. The Balaban J connectivity index is 3.69. The normalized spacial score (nSPS) is 10.9. The third-order valence-corrected chi connectivity index (χ3v) is 2.15. The summed E-state index contributed by atoms with van der Waals surface area (Å²) >= 11 is 0. The molecule has 0 radical (unpaired) electrons. The van der Waals surface area contributed by atoms with Crippen molar-refractivity contribution in [3.05, 3.63) is 0 Å². The number of ether oxygens (including phenoxy) is 2. The molecule has 0 aromatic rings. The molecule has 0 aromatic carbocycles. The van der Waals surface area contributed by atoms with Crippen LogP contribution in [0.4, 0.5) is 0 Å². The van der Waals surface area contributed by atoms with Gasteiger partial charge in [0.25, 0.3) is 0 Å². The third kappa shape index (κ3) is 5.37. The Morgan fingerprint density at radius 3 is 2.20 bits per heavy atom. The average Bonchev–Trinajstić information content (AvgIpc) is 2.23. The molecule has 0 atom stereocenters. The van der Waals surface area contributed by atoms with Crippen molar-refractivity contribution in [1.29, 1.82) is 0 Å². The molecular weight excluding hydrogens is 200 g/mol. The van der Waals surface area contributed by atoms with Crippen molar-refractivity contribution >= 4 is 11.9 Å². The van der Waals surface area contributed by atoms with Gasteiger partial charge in [-0.2, -0.15) is 0 Å². The summed E-state index contributed by atoms with van der Waals surface area (Å²) in [6.07, 6.45) is 0.683. The number of hydrogen-bond acceptors (Lipinski definition) is 5. The van der Waals surface area contributed by atoms with Gasteiger partial charge in [-0.25, -0.2) is 4.79 Å². The minimum Gasteiger partial charge on any atom is -0.462 e. The lowest BCUT2D eigenvalue weighted by atomic mass is 9.91. The number of rotatable bonds is 6.